The molecule has 126 valence electrons. The van der Waals surface area contributed by atoms with Crippen LogP contribution in [0.1, 0.15) is 34.9 Å². The van der Waals surface area contributed by atoms with Crippen molar-refractivity contribution >= 4 is 11.7 Å². The lowest BCUT2D eigenvalue weighted by molar-refractivity contribution is 0.0945. The molecule has 0 atom stereocenters. The van der Waals surface area contributed by atoms with Gasteiger partial charge in [0.2, 0.25) is 0 Å². The Bertz CT molecular complexity index is 780. The van der Waals surface area contributed by atoms with Crippen molar-refractivity contribution in [2.45, 2.75) is 25.3 Å². The highest BCUT2D eigenvalue weighted by atomic mass is 16.2. The number of hydrogen-bond donors (Lipinski definition) is 1. The van der Waals surface area contributed by atoms with Crippen LogP contribution in [0.5, 0.6) is 0 Å². The van der Waals surface area contributed by atoms with Crippen molar-refractivity contribution in [3.8, 4) is 0 Å². The van der Waals surface area contributed by atoms with E-state index in [-0.39, 0.29) is 17.2 Å². The predicted octanol–water partition coefficient (Wildman–Crippen LogP) is 0.407. The minimum Gasteiger partial charge on any atom is -0.361 e. The molecule has 0 spiro atoms. The van der Waals surface area contributed by atoms with E-state index in [4.69, 9.17) is 0 Å². The monoisotopic (exact) mass is 328 g/mol. The van der Waals surface area contributed by atoms with E-state index in [1.807, 2.05) is 14.1 Å². The van der Waals surface area contributed by atoms with Crippen LogP contribution in [0.15, 0.2) is 29.1 Å². The zero-order valence-electron chi connectivity index (χ0n) is 13.8. The van der Waals surface area contributed by atoms with Crippen LogP contribution in [0.3, 0.4) is 0 Å². The molecule has 24 heavy (non-hydrogen) atoms. The number of aromatic nitrogens is 4. The summed E-state index contributed by atoms with van der Waals surface area (Å²) in [6.07, 6.45) is 2.26. The summed E-state index contributed by atoms with van der Waals surface area (Å²) >= 11 is 0. The molecule has 1 amide bonds. The van der Waals surface area contributed by atoms with E-state index in [2.05, 4.69) is 20.6 Å². The largest absolute Gasteiger partial charge is 0.361 e. The highest BCUT2D eigenvalue weighted by Crippen LogP contribution is 2.38. The highest BCUT2D eigenvalue weighted by Gasteiger charge is 2.25. The van der Waals surface area contributed by atoms with Gasteiger partial charge >= 0.3 is 0 Å². The number of nitrogens with one attached hydrogen (secondary N) is 1. The van der Waals surface area contributed by atoms with E-state index in [1.54, 1.807) is 23.1 Å². The van der Waals surface area contributed by atoms with Crippen LogP contribution in [-0.4, -0.2) is 46.5 Å². The summed E-state index contributed by atoms with van der Waals surface area (Å²) in [5.74, 6) is 0.843. The normalized spacial score (nSPS) is 13.6. The molecule has 1 aliphatic carbocycles. The molecule has 1 N–H and O–H groups in total. The first kappa shape index (κ1) is 16.1. The molecule has 8 nitrogen and oxygen atoms in total. The SMILES string of the molecule is CN(C)c1ccc(C(=O)NCCn2nc(C3CC3)ccc2=O)nn1. The standard InChI is InChI=1S/C16H20N6O2/c1-21(2)14-7-5-13(18-19-14)16(24)17-9-10-22-15(23)8-6-12(20-22)11-3-4-11/h5-8,11H,3-4,9-10H2,1-2H3,(H,17,24). The van der Waals surface area contributed by atoms with E-state index >= 15 is 0 Å². The van der Waals surface area contributed by atoms with Crippen molar-refractivity contribution in [1.29, 1.82) is 0 Å². The van der Waals surface area contributed by atoms with Crippen LogP contribution in [-0.2, 0) is 6.54 Å². The van der Waals surface area contributed by atoms with Gasteiger partial charge in [-0.2, -0.15) is 5.10 Å². The third-order valence-corrected chi connectivity index (χ3v) is 3.83. The zero-order chi connectivity index (χ0) is 17.1. The number of carbonyl (C=O) groups is 1. The second-order valence-corrected chi connectivity index (χ2v) is 6.02. The average Bonchev–Trinajstić information content (AvgIpc) is 3.41. The van der Waals surface area contributed by atoms with Crippen LogP contribution in [0, 0.1) is 0 Å². The topological polar surface area (TPSA) is 93.0 Å². The molecule has 1 saturated carbocycles. The van der Waals surface area contributed by atoms with Crippen molar-refractivity contribution in [3.05, 3.63) is 46.0 Å². The first-order valence-corrected chi connectivity index (χ1v) is 7.92. The predicted molar refractivity (Wildman–Crippen MR) is 89.2 cm³/mol. The average molecular weight is 328 g/mol. The number of nitrogens with zero attached hydrogens (tertiary/aromatic N) is 5. The lowest BCUT2D eigenvalue weighted by atomic mass is 10.3. The third-order valence-electron chi connectivity index (χ3n) is 3.83. The summed E-state index contributed by atoms with van der Waals surface area (Å²) in [4.78, 5) is 25.7. The van der Waals surface area contributed by atoms with Gasteiger partial charge in [-0.25, -0.2) is 4.68 Å². The number of hydrogen-bond acceptors (Lipinski definition) is 6. The second kappa shape index (κ2) is 6.77. The number of anilines is 1. The first-order chi connectivity index (χ1) is 11.5. The van der Waals surface area contributed by atoms with E-state index < -0.39 is 0 Å². The first-order valence-electron chi connectivity index (χ1n) is 7.92. The van der Waals surface area contributed by atoms with Crippen molar-refractivity contribution < 1.29 is 4.79 Å². The van der Waals surface area contributed by atoms with E-state index in [0.29, 0.717) is 24.8 Å². The van der Waals surface area contributed by atoms with Crippen LogP contribution in [0.25, 0.3) is 0 Å². The van der Waals surface area contributed by atoms with Crippen molar-refractivity contribution in [1.82, 2.24) is 25.3 Å². The number of amides is 1. The van der Waals surface area contributed by atoms with Gasteiger partial charge in [0.25, 0.3) is 11.5 Å². The Morgan fingerprint density at radius 1 is 1.25 bits per heavy atom. The van der Waals surface area contributed by atoms with Crippen LogP contribution >= 0.6 is 0 Å². The van der Waals surface area contributed by atoms with E-state index in [0.717, 1.165) is 18.5 Å². The summed E-state index contributed by atoms with van der Waals surface area (Å²) in [7, 11) is 3.70. The van der Waals surface area contributed by atoms with Gasteiger partial charge in [-0.15, -0.1) is 10.2 Å². The maximum Gasteiger partial charge on any atom is 0.271 e. The quantitative estimate of drug-likeness (QED) is 0.825. The summed E-state index contributed by atoms with van der Waals surface area (Å²) < 4.78 is 1.40. The summed E-state index contributed by atoms with van der Waals surface area (Å²) in [5.41, 5.74) is 1.03. The molecule has 3 rings (SSSR count). The molecule has 8 heteroatoms. The van der Waals surface area contributed by atoms with Gasteiger partial charge in [-0.1, -0.05) is 0 Å². The molecule has 2 heterocycles. The van der Waals surface area contributed by atoms with Crippen molar-refractivity contribution in [2.75, 3.05) is 25.5 Å². The number of carbonyl (C=O) groups excluding carboxylic acids is 1. The van der Waals surface area contributed by atoms with E-state index in [9.17, 15) is 9.59 Å². The molecule has 0 unspecified atom stereocenters. The smallest absolute Gasteiger partial charge is 0.271 e. The molecule has 2 aromatic heterocycles. The van der Waals surface area contributed by atoms with Crippen LogP contribution in [0.4, 0.5) is 5.82 Å². The van der Waals surface area contributed by atoms with Gasteiger partial charge < -0.3 is 10.2 Å². The fourth-order valence-corrected chi connectivity index (χ4v) is 2.27. The lowest BCUT2D eigenvalue weighted by Crippen LogP contribution is -2.32. The molecule has 0 radical (unpaired) electrons. The Kier molecular flexibility index (Phi) is 4.54. The van der Waals surface area contributed by atoms with Gasteiger partial charge in [-0.05, 0) is 31.0 Å². The molecular formula is C16H20N6O2. The van der Waals surface area contributed by atoms with Gasteiger partial charge in [0.05, 0.1) is 12.2 Å². The van der Waals surface area contributed by atoms with Gasteiger partial charge in [0.15, 0.2) is 11.5 Å². The van der Waals surface area contributed by atoms with Crippen LogP contribution < -0.4 is 15.8 Å². The molecule has 0 aromatic carbocycles. The molecule has 0 saturated heterocycles. The van der Waals surface area contributed by atoms with Crippen molar-refractivity contribution in [3.63, 3.8) is 0 Å². The summed E-state index contributed by atoms with van der Waals surface area (Å²) in [5, 5.41) is 15.0. The molecule has 0 aliphatic heterocycles. The maximum atomic E-state index is 12.1. The molecule has 0 bridgehead atoms. The Morgan fingerprint density at radius 2 is 2.04 bits per heavy atom. The second-order valence-electron chi connectivity index (χ2n) is 6.02. The lowest BCUT2D eigenvalue weighted by Gasteiger charge is -2.10. The van der Waals surface area contributed by atoms with Gasteiger partial charge in [0.1, 0.15) is 0 Å². The Hall–Kier alpha value is -2.77. The van der Waals surface area contributed by atoms with Gasteiger partial charge in [0, 0.05) is 32.6 Å². The fraction of sp³-hybridized carbons (Fsp3) is 0.438. The Morgan fingerprint density at radius 3 is 2.67 bits per heavy atom. The Balaban J connectivity index is 1.57. The number of rotatable bonds is 6. The molecule has 2 aromatic rings. The van der Waals surface area contributed by atoms with Crippen LogP contribution in [0.2, 0.25) is 0 Å². The summed E-state index contributed by atoms with van der Waals surface area (Å²) in [6, 6.07) is 6.67. The minimum atomic E-state index is -0.320. The van der Waals surface area contributed by atoms with E-state index in [1.165, 1.54) is 10.7 Å². The molecule has 1 aliphatic rings. The zero-order valence-corrected chi connectivity index (χ0v) is 13.8. The third kappa shape index (κ3) is 3.76. The molecule has 1 fully saturated rings. The Labute approximate surface area is 139 Å². The minimum absolute atomic E-state index is 0.163. The van der Waals surface area contributed by atoms with Crippen molar-refractivity contribution in [2.24, 2.45) is 0 Å². The highest BCUT2D eigenvalue weighted by molar-refractivity contribution is 5.92. The fourth-order valence-electron chi connectivity index (χ4n) is 2.27. The molecular weight excluding hydrogens is 308 g/mol. The maximum absolute atomic E-state index is 12.1. The summed E-state index contributed by atoms with van der Waals surface area (Å²) in [6.45, 7) is 0.630. The van der Waals surface area contributed by atoms with Gasteiger partial charge in [-0.3, -0.25) is 9.59 Å².